The van der Waals surface area contributed by atoms with Crippen molar-refractivity contribution in [2.45, 2.75) is 43.9 Å². The molecule has 1 aromatic carbocycles. The second kappa shape index (κ2) is 8.96. The number of carbonyl (C=O) groups is 1. The van der Waals surface area contributed by atoms with Crippen LogP contribution < -0.4 is 10.6 Å². The molecule has 2 aliphatic rings. The van der Waals surface area contributed by atoms with Gasteiger partial charge in [0.2, 0.25) is 5.91 Å². The Morgan fingerprint density at radius 1 is 1.16 bits per heavy atom. The molecule has 168 valence electrons. The Hall–Kier alpha value is -2.46. The molecule has 0 radical (unpaired) electrons. The third-order valence-corrected chi connectivity index (χ3v) is 6.24. The minimum atomic E-state index is -4.47. The predicted octanol–water partition coefficient (Wildman–Crippen LogP) is 2.41. The number of likely N-dealkylation sites (tertiary alicyclic amines) is 1. The fourth-order valence-corrected chi connectivity index (χ4v) is 4.41. The molecule has 4 rings (SSSR count). The van der Waals surface area contributed by atoms with Gasteiger partial charge in [0, 0.05) is 31.1 Å². The van der Waals surface area contributed by atoms with Gasteiger partial charge < -0.3 is 15.7 Å². The Morgan fingerprint density at radius 2 is 1.90 bits per heavy atom. The number of anilines is 1. The lowest BCUT2D eigenvalue weighted by molar-refractivity contribution is -0.137. The summed E-state index contributed by atoms with van der Waals surface area (Å²) >= 11 is 0. The molecule has 1 aromatic heterocycles. The highest BCUT2D eigenvalue weighted by atomic mass is 19.4. The van der Waals surface area contributed by atoms with E-state index in [0.29, 0.717) is 17.5 Å². The third kappa shape index (κ3) is 5.07. The zero-order valence-corrected chi connectivity index (χ0v) is 17.0. The number of rotatable bonds is 6. The summed E-state index contributed by atoms with van der Waals surface area (Å²) < 4.78 is 39.0. The topological polar surface area (TPSA) is 90.4 Å². The zero-order valence-electron chi connectivity index (χ0n) is 17.0. The van der Waals surface area contributed by atoms with Crippen LogP contribution in [0.4, 0.5) is 19.0 Å². The summed E-state index contributed by atoms with van der Waals surface area (Å²) in [6.45, 7) is 1.77. The molecule has 1 amide bonds. The third-order valence-electron chi connectivity index (χ3n) is 6.24. The Kier molecular flexibility index (Phi) is 6.29. The van der Waals surface area contributed by atoms with Gasteiger partial charge in [-0.05, 0) is 49.8 Å². The van der Waals surface area contributed by atoms with Gasteiger partial charge in [0.1, 0.15) is 12.1 Å². The van der Waals surface area contributed by atoms with Crippen LogP contribution in [0.3, 0.4) is 0 Å². The lowest BCUT2D eigenvalue weighted by atomic mass is 9.84. The van der Waals surface area contributed by atoms with Crippen molar-refractivity contribution in [1.29, 1.82) is 0 Å². The molecule has 0 atom stereocenters. The van der Waals surface area contributed by atoms with E-state index in [4.69, 9.17) is 0 Å². The van der Waals surface area contributed by atoms with E-state index in [2.05, 4.69) is 25.5 Å². The maximum absolute atomic E-state index is 13.0. The Balaban J connectivity index is 1.27. The lowest BCUT2D eigenvalue weighted by Gasteiger charge is -2.46. The molecule has 2 fully saturated rings. The van der Waals surface area contributed by atoms with Crippen molar-refractivity contribution in [2.75, 3.05) is 31.6 Å². The van der Waals surface area contributed by atoms with Gasteiger partial charge in [-0.15, -0.1) is 0 Å². The number of nitrogens with zero attached hydrogens (tertiary/aromatic N) is 3. The standard InChI is InChI=1S/C21H26F3N5O2/c22-21(23,24)14-3-6-18-17(7-14)20(27-12-26-18)25-8-19(31)28-15-9-29(10-15)16-4-1-13(11-30)2-5-16/h3,6-7,12-13,15-16,30H,1-2,4-5,8-11H2,(H,28,31)(H,25,26,27)/t13-,16+. The summed E-state index contributed by atoms with van der Waals surface area (Å²) in [6, 6.07) is 3.85. The van der Waals surface area contributed by atoms with Crippen molar-refractivity contribution in [3.05, 3.63) is 30.1 Å². The van der Waals surface area contributed by atoms with Crippen LogP contribution in [0.15, 0.2) is 24.5 Å². The Morgan fingerprint density at radius 3 is 2.58 bits per heavy atom. The molecule has 1 saturated carbocycles. The summed E-state index contributed by atoms with van der Waals surface area (Å²) in [4.78, 5) is 22.7. The molecular weight excluding hydrogens is 411 g/mol. The summed E-state index contributed by atoms with van der Waals surface area (Å²) in [6.07, 6.45) is 1.03. The summed E-state index contributed by atoms with van der Waals surface area (Å²) in [5.41, 5.74) is -0.415. The molecule has 0 spiro atoms. The number of halogens is 3. The summed E-state index contributed by atoms with van der Waals surface area (Å²) in [5.74, 6) is 0.388. The predicted molar refractivity (Wildman–Crippen MR) is 109 cm³/mol. The minimum Gasteiger partial charge on any atom is -0.396 e. The van der Waals surface area contributed by atoms with Crippen LogP contribution in [0.2, 0.25) is 0 Å². The highest BCUT2D eigenvalue weighted by molar-refractivity contribution is 5.91. The SMILES string of the molecule is O=C(CNc1ncnc2ccc(C(F)(F)F)cc12)NC1CN([C@H]2CC[C@@H](CO)CC2)C1. The molecular formula is C21H26F3N5O2. The van der Waals surface area contributed by atoms with Crippen LogP contribution in [0.25, 0.3) is 10.9 Å². The first-order valence-electron chi connectivity index (χ1n) is 10.5. The molecule has 1 aliphatic carbocycles. The molecule has 7 nitrogen and oxygen atoms in total. The first kappa shape index (κ1) is 21.8. The quantitative estimate of drug-likeness (QED) is 0.643. The maximum atomic E-state index is 13.0. The van der Waals surface area contributed by atoms with Gasteiger partial charge in [-0.1, -0.05) is 0 Å². The zero-order chi connectivity index (χ0) is 22.0. The van der Waals surface area contributed by atoms with Crippen LogP contribution in [-0.4, -0.2) is 64.2 Å². The highest BCUT2D eigenvalue weighted by Crippen LogP contribution is 2.32. The normalized spacial score (nSPS) is 22.8. The Labute approximate surface area is 178 Å². The van der Waals surface area contributed by atoms with E-state index in [-0.39, 0.29) is 36.3 Å². The molecule has 10 heteroatoms. The number of hydrogen-bond donors (Lipinski definition) is 3. The molecule has 1 saturated heterocycles. The van der Waals surface area contributed by atoms with Gasteiger partial charge >= 0.3 is 6.18 Å². The van der Waals surface area contributed by atoms with Gasteiger partial charge in [-0.25, -0.2) is 9.97 Å². The van der Waals surface area contributed by atoms with E-state index in [1.807, 2.05) is 0 Å². The van der Waals surface area contributed by atoms with Gasteiger partial charge in [0.15, 0.2) is 0 Å². The number of aliphatic hydroxyl groups is 1. The van der Waals surface area contributed by atoms with Gasteiger partial charge in [-0.3, -0.25) is 9.69 Å². The van der Waals surface area contributed by atoms with Gasteiger partial charge in [-0.2, -0.15) is 13.2 Å². The average molecular weight is 437 g/mol. The smallest absolute Gasteiger partial charge is 0.396 e. The van der Waals surface area contributed by atoms with E-state index in [0.717, 1.165) is 50.9 Å². The number of nitrogens with one attached hydrogen (secondary N) is 2. The van der Waals surface area contributed by atoms with Gasteiger partial charge in [0.25, 0.3) is 0 Å². The molecule has 31 heavy (non-hydrogen) atoms. The van der Waals surface area contributed by atoms with E-state index in [1.165, 1.54) is 12.4 Å². The van der Waals surface area contributed by atoms with Crippen LogP contribution in [0, 0.1) is 5.92 Å². The van der Waals surface area contributed by atoms with E-state index in [1.54, 1.807) is 0 Å². The van der Waals surface area contributed by atoms with Gasteiger partial charge in [0.05, 0.1) is 23.7 Å². The molecule has 3 N–H and O–H groups in total. The molecule has 2 aromatic rings. The fraction of sp³-hybridized carbons (Fsp3) is 0.571. The number of fused-ring (bicyclic) bond motifs is 1. The molecule has 1 aliphatic heterocycles. The first-order valence-corrected chi connectivity index (χ1v) is 10.5. The number of hydrogen-bond acceptors (Lipinski definition) is 6. The molecule has 0 bridgehead atoms. The van der Waals surface area contributed by atoms with E-state index < -0.39 is 11.7 Å². The van der Waals surface area contributed by atoms with Crippen LogP contribution in [-0.2, 0) is 11.0 Å². The number of aliphatic hydroxyl groups excluding tert-OH is 1. The van der Waals surface area contributed by atoms with Crippen molar-refractivity contribution in [1.82, 2.24) is 20.2 Å². The monoisotopic (exact) mass is 437 g/mol. The van der Waals surface area contributed by atoms with Crippen LogP contribution >= 0.6 is 0 Å². The average Bonchev–Trinajstić information content (AvgIpc) is 2.73. The summed E-state index contributed by atoms with van der Waals surface area (Å²) in [7, 11) is 0. The summed E-state index contributed by atoms with van der Waals surface area (Å²) in [5, 5.41) is 15.3. The number of amides is 1. The molecule has 0 unspecified atom stereocenters. The van der Waals surface area contributed by atoms with E-state index in [9.17, 15) is 23.1 Å². The van der Waals surface area contributed by atoms with E-state index >= 15 is 0 Å². The first-order chi connectivity index (χ1) is 14.8. The van der Waals surface area contributed by atoms with Crippen LogP contribution in [0.5, 0.6) is 0 Å². The lowest BCUT2D eigenvalue weighted by Crippen LogP contribution is -2.63. The maximum Gasteiger partial charge on any atom is 0.416 e. The van der Waals surface area contributed by atoms with Crippen molar-refractivity contribution < 1.29 is 23.1 Å². The number of benzene rings is 1. The second-order valence-corrected chi connectivity index (χ2v) is 8.38. The Bertz CT molecular complexity index is 925. The van der Waals surface area contributed by atoms with Crippen molar-refractivity contribution in [3.8, 4) is 0 Å². The fourth-order valence-electron chi connectivity index (χ4n) is 4.41. The minimum absolute atomic E-state index is 0.0730. The van der Waals surface area contributed by atoms with Crippen molar-refractivity contribution >= 4 is 22.6 Å². The number of carbonyl (C=O) groups excluding carboxylic acids is 1. The second-order valence-electron chi connectivity index (χ2n) is 8.38. The van der Waals surface area contributed by atoms with Crippen LogP contribution in [0.1, 0.15) is 31.2 Å². The number of aromatic nitrogens is 2. The van der Waals surface area contributed by atoms with Crippen molar-refractivity contribution in [3.63, 3.8) is 0 Å². The molecule has 2 heterocycles. The number of alkyl halides is 3. The highest BCUT2D eigenvalue weighted by Gasteiger charge is 2.35. The van der Waals surface area contributed by atoms with Crippen molar-refractivity contribution in [2.24, 2.45) is 5.92 Å². The largest absolute Gasteiger partial charge is 0.416 e.